The molecule has 0 aliphatic carbocycles. The highest BCUT2D eigenvalue weighted by Crippen LogP contribution is 2.31. The Balaban J connectivity index is 1.59. The lowest BCUT2D eigenvalue weighted by molar-refractivity contribution is -0.384. The number of nitro benzene ring substituents is 1. The molecular weight excluding hydrogens is 480 g/mol. The summed E-state index contributed by atoms with van der Waals surface area (Å²) in [6, 6.07) is 16.7. The number of cyclic esters (lactones) is 1. The molecule has 4 rings (SSSR count). The molecule has 0 spiro atoms. The van der Waals surface area contributed by atoms with Crippen LogP contribution in [0.2, 0.25) is 0 Å². The second-order valence-electron chi connectivity index (χ2n) is 7.59. The van der Waals surface area contributed by atoms with Gasteiger partial charge >= 0.3 is 11.9 Å². The number of carbonyl (C=O) groups is 2. The summed E-state index contributed by atoms with van der Waals surface area (Å²) in [6.07, 6.45) is 1.45. The molecule has 0 amide bonds. The summed E-state index contributed by atoms with van der Waals surface area (Å²) in [5, 5.41) is 10.8. The van der Waals surface area contributed by atoms with Crippen LogP contribution in [0.5, 0.6) is 17.2 Å². The van der Waals surface area contributed by atoms with E-state index >= 15 is 0 Å². The molecule has 0 atom stereocenters. The van der Waals surface area contributed by atoms with Crippen LogP contribution in [0.3, 0.4) is 0 Å². The van der Waals surface area contributed by atoms with Crippen LogP contribution in [0.1, 0.15) is 35.3 Å². The molecule has 10 heteroatoms. The maximum Gasteiger partial charge on any atom is 0.363 e. The molecule has 188 valence electrons. The van der Waals surface area contributed by atoms with Crippen molar-refractivity contribution in [3.8, 4) is 17.2 Å². The molecule has 1 aliphatic rings. The largest absolute Gasteiger partial charge is 0.490 e. The topological polar surface area (TPSA) is 127 Å². The summed E-state index contributed by atoms with van der Waals surface area (Å²) in [5.41, 5.74) is 0.948. The second-order valence-corrected chi connectivity index (χ2v) is 7.59. The van der Waals surface area contributed by atoms with Gasteiger partial charge in [0.2, 0.25) is 5.90 Å². The zero-order valence-electron chi connectivity index (χ0n) is 20.0. The van der Waals surface area contributed by atoms with Gasteiger partial charge in [-0.05, 0) is 56.3 Å². The van der Waals surface area contributed by atoms with Gasteiger partial charge in [-0.3, -0.25) is 10.1 Å². The summed E-state index contributed by atoms with van der Waals surface area (Å²) in [4.78, 5) is 39.7. The zero-order valence-corrected chi connectivity index (χ0v) is 20.0. The van der Waals surface area contributed by atoms with Crippen LogP contribution in [0.25, 0.3) is 6.08 Å². The van der Waals surface area contributed by atoms with Crippen LogP contribution in [-0.4, -0.2) is 36.0 Å². The van der Waals surface area contributed by atoms with E-state index in [4.69, 9.17) is 18.9 Å². The summed E-state index contributed by atoms with van der Waals surface area (Å²) in [5.74, 6) is -0.0377. The van der Waals surface area contributed by atoms with Gasteiger partial charge in [-0.25, -0.2) is 14.6 Å². The van der Waals surface area contributed by atoms with Crippen molar-refractivity contribution in [3.63, 3.8) is 0 Å². The van der Waals surface area contributed by atoms with Crippen LogP contribution >= 0.6 is 0 Å². The molecule has 3 aromatic carbocycles. The lowest BCUT2D eigenvalue weighted by Gasteiger charge is -2.11. The van der Waals surface area contributed by atoms with E-state index in [9.17, 15) is 19.7 Å². The molecule has 3 aromatic rings. The SMILES string of the molecule is CCOc1ccc(C2=N/C(=C\c3ccccc3OC(=O)c3ccc([N+](=O)[O-])cc3)C(=O)O2)cc1OCC. The zero-order chi connectivity index (χ0) is 26.4. The molecule has 0 bridgehead atoms. The van der Waals surface area contributed by atoms with Crippen molar-refractivity contribution < 1.29 is 33.5 Å². The number of nitrogens with zero attached hydrogens (tertiary/aromatic N) is 2. The number of rotatable bonds is 9. The standard InChI is InChI=1S/C27H22N2O8/c1-3-34-23-14-11-19(16-24(23)35-4-2)25-28-21(27(31)37-25)15-18-7-5-6-8-22(18)36-26(30)17-9-12-20(13-10-17)29(32)33/h5-16H,3-4H2,1-2H3/b21-15-. The number of hydrogen-bond donors (Lipinski definition) is 0. The molecule has 0 N–H and O–H groups in total. The van der Waals surface area contributed by atoms with Crippen molar-refractivity contribution in [1.82, 2.24) is 0 Å². The van der Waals surface area contributed by atoms with Gasteiger partial charge in [-0.1, -0.05) is 18.2 Å². The number of nitro groups is 1. The Kier molecular flexibility index (Phi) is 7.58. The maximum atomic E-state index is 12.6. The molecule has 0 radical (unpaired) electrons. The van der Waals surface area contributed by atoms with Crippen molar-refractivity contribution in [2.75, 3.05) is 13.2 Å². The van der Waals surface area contributed by atoms with Crippen molar-refractivity contribution in [3.05, 3.63) is 99.2 Å². The van der Waals surface area contributed by atoms with Gasteiger partial charge in [-0.15, -0.1) is 0 Å². The first kappa shape index (κ1) is 25.1. The van der Waals surface area contributed by atoms with Gasteiger partial charge in [-0.2, -0.15) is 0 Å². The average molecular weight is 502 g/mol. The minimum absolute atomic E-state index is 0.0145. The first-order valence-electron chi connectivity index (χ1n) is 11.4. The van der Waals surface area contributed by atoms with Crippen LogP contribution in [0, 0.1) is 10.1 Å². The van der Waals surface area contributed by atoms with E-state index in [2.05, 4.69) is 4.99 Å². The highest BCUT2D eigenvalue weighted by Gasteiger charge is 2.26. The quantitative estimate of drug-likeness (QED) is 0.132. The smallest absolute Gasteiger partial charge is 0.363 e. The normalized spacial score (nSPS) is 13.6. The number of esters is 2. The van der Waals surface area contributed by atoms with Crippen LogP contribution < -0.4 is 14.2 Å². The molecule has 0 fully saturated rings. The van der Waals surface area contributed by atoms with E-state index in [1.807, 2.05) is 13.8 Å². The third-order valence-electron chi connectivity index (χ3n) is 5.14. The van der Waals surface area contributed by atoms with Crippen molar-refractivity contribution in [2.24, 2.45) is 4.99 Å². The first-order valence-corrected chi connectivity index (χ1v) is 11.4. The molecular formula is C27H22N2O8. The van der Waals surface area contributed by atoms with Gasteiger partial charge in [0.05, 0.1) is 23.7 Å². The minimum atomic E-state index is -0.711. The Labute approximate surface area is 211 Å². The second kappa shape index (κ2) is 11.2. The van der Waals surface area contributed by atoms with Crippen LogP contribution in [0.15, 0.2) is 77.4 Å². The van der Waals surface area contributed by atoms with E-state index < -0.39 is 16.9 Å². The van der Waals surface area contributed by atoms with E-state index in [0.717, 1.165) is 0 Å². The molecule has 37 heavy (non-hydrogen) atoms. The first-order chi connectivity index (χ1) is 17.9. The van der Waals surface area contributed by atoms with Crippen molar-refractivity contribution in [2.45, 2.75) is 13.8 Å². The minimum Gasteiger partial charge on any atom is -0.490 e. The third-order valence-corrected chi connectivity index (χ3v) is 5.14. The number of carbonyl (C=O) groups excluding carboxylic acids is 2. The van der Waals surface area contributed by atoms with Gasteiger partial charge in [0.25, 0.3) is 5.69 Å². The number of para-hydroxylation sites is 1. The van der Waals surface area contributed by atoms with E-state index in [1.54, 1.807) is 42.5 Å². The summed E-state index contributed by atoms with van der Waals surface area (Å²) >= 11 is 0. The third kappa shape index (κ3) is 5.81. The molecule has 0 saturated heterocycles. The van der Waals surface area contributed by atoms with Gasteiger partial charge in [0, 0.05) is 23.3 Å². The molecule has 1 aliphatic heterocycles. The van der Waals surface area contributed by atoms with Gasteiger partial charge in [0.1, 0.15) is 5.75 Å². The number of ether oxygens (including phenoxy) is 4. The number of hydrogen-bond acceptors (Lipinski definition) is 9. The van der Waals surface area contributed by atoms with E-state index in [0.29, 0.717) is 35.8 Å². The van der Waals surface area contributed by atoms with E-state index in [-0.39, 0.29) is 28.6 Å². The molecule has 1 heterocycles. The Morgan fingerprint density at radius 1 is 0.973 bits per heavy atom. The Morgan fingerprint density at radius 3 is 2.38 bits per heavy atom. The molecule has 0 saturated carbocycles. The fourth-order valence-corrected chi connectivity index (χ4v) is 3.43. The predicted octanol–water partition coefficient (Wildman–Crippen LogP) is 4.96. The molecule has 0 unspecified atom stereocenters. The Morgan fingerprint density at radius 2 is 1.68 bits per heavy atom. The molecule has 10 nitrogen and oxygen atoms in total. The predicted molar refractivity (Wildman–Crippen MR) is 134 cm³/mol. The maximum absolute atomic E-state index is 12.6. The van der Waals surface area contributed by atoms with Crippen LogP contribution in [0.4, 0.5) is 5.69 Å². The lowest BCUT2D eigenvalue weighted by atomic mass is 10.1. The average Bonchev–Trinajstić information content (AvgIpc) is 3.26. The highest BCUT2D eigenvalue weighted by molar-refractivity contribution is 6.13. The highest BCUT2D eigenvalue weighted by atomic mass is 16.6. The lowest BCUT2D eigenvalue weighted by Crippen LogP contribution is -2.09. The summed E-state index contributed by atoms with van der Waals surface area (Å²) in [7, 11) is 0. The number of benzene rings is 3. The monoisotopic (exact) mass is 502 g/mol. The Bertz CT molecular complexity index is 1410. The van der Waals surface area contributed by atoms with Crippen LogP contribution in [-0.2, 0) is 9.53 Å². The van der Waals surface area contributed by atoms with Crippen molar-refractivity contribution in [1.29, 1.82) is 0 Å². The van der Waals surface area contributed by atoms with Gasteiger partial charge < -0.3 is 18.9 Å². The van der Waals surface area contributed by atoms with Gasteiger partial charge in [0.15, 0.2) is 17.2 Å². The summed E-state index contributed by atoms with van der Waals surface area (Å²) in [6.45, 7) is 4.61. The number of aliphatic imine (C=N–C) groups is 1. The fraction of sp³-hybridized carbons (Fsp3) is 0.148. The van der Waals surface area contributed by atoms with Crippen molar-refractivity contribution >= 4 is 29.6 Å². The summed E-state index contributed by atoms with van der Waals surface area (Å²) < 4.78 is 22.0. The molecule has 0 aromatic heterocycles. The Hall–Kier alpha value is -4.99. The fourth-order valence-electron chi connectivity index (χ4n) is 3.43. The number of non-ortho nitro benzene ring substituents is 1. The van der Waals surface area contributed by atoms with E-state index in [1.165, 1.54) is 30.3 Å².